The summed E-state index contributed by atoms with van der Waals surface area (Å²) in [7, 11) is 3.82. The first kappa shape index (κ1) is 10.0. The normalized spacial score (nSPS) is 9.77. The smallest absolute Gasteiger partial charge is 0.100 e. The van der Waals surface area contributed by atoms with Crippen molar-refractivity contribution in [3.63, 3.8) is 0 Å². The van der Waals surface area contributed by atoms with E-state index < -0.39 is 0 Å². The van der Waals surface area contributed by atoms with Crippen LogP contribution >= 0.6 is 15.9 Å². The van der Waals surface area contributed by atoms with Crippen LogP contribution in [0, 0.1) is 11.3 Å². The maximum absolute atomic E-state index is 8.68. The van der Waals surface area contributed by atoms with Gasteiger partial charge in [-0.05, 0) is 34.1 Å². The highest BCUT2D eigenvalue weighted by Gasteiger charge is 2.00. The van der Waals surface area contributed by atoms with Gasteiger partial charge in [0.2, 0.25) is 0 Å². The lowest BCUT2D eigenvalue weighted by molar-refractivity contribution is 0.495. The lowest BCUT2D eigenvalue weighted by Crippen LogP contribution is -2.19. The number of hydrogen-bond acceptors (Lipinski definition) is 3. The number of hydrogen-bond donors (Lipinski definition) is 1. The van der Waals surface area contributed by atoms with Crippen molar-refractivity contribution in [1.82, 2.24) is 5.01 Å². The third kappa shape index (κ3) is 2.72. The first-order valence-electron chi connectivity index (χ1n) is 3.77. The number of nitrogens with one attached hydrogen (secondary N) is 1. The van der Waals surface area contributed by atoms with Crippen molar-refractivity contribution >= 4 is 21.6 Å². The highest BCUT2D eigenvalue weighted by molar-refractivity contribution is 9.10. The largest absolute Gasteiger partial charge is 0.319 e. The molecule has 0 aliphatic heterocycles. The number of hydrazine groups is 1. The number of halogens is 1. The molecule has 0 heterocycles. The lowest BCUT2D eigenvalue weighted by Gasteiger charge is -2.13. The van der Waals surface area contributed by atoms with Crippen LogP contribution in [-0.4, -0.2) is 19.1 Å². The van der Waals surface area contributed by atoms with Crippen molar-refractivity contribution in [2.45, 2.75) is 0 Å². The zero-order chi connectivity index (χ0) is 9.84. The standard InChI is InChI=1S/C9H10BrN3/c1-13(2)12-8-4-3-7(6-11)9(10)5-8/h3-5,12H,1-2H3. The second kappa shape index (κ2) is 4.26. The first-order chi connectivity index (χ1) is 6.13. The minimum Gasteiger partial charge on any atom is -0.319 e. The van der Waals surface area contributed by atoms with Gasteiger partial charge in [0.15, 0.2) is 0 Å². The van der Waals surface area contributed by atoms with E-state index in [2.05, 4.69) is 27.4 Å². The second-order valence-electron chi connectivity index (χ2n) is 2.81. The Hall–Kier alpha value is -1.05. The monoisotopic (exact) mass is 239 g/mol. The van der Waals surface area contributed by atoms with Crippen LogP contribution in [0.1, 0.15) is 5.56 Å². The van der Waals surface area contributed by atoms with Crippen LogP contribution in [0.3, 0.4) is 0 Å². The molecule has 0 radical (unpaired) electrons. The zero-order valence-electron chi connectivity index (χ0n) is 7.50. The van der Waals surface area contributed by atoms with E-state index in [1.54, 1.807) is 6.07 Å². The van der Waals surface area contributed by atoms with Gasteiger partial charge in [0.1, 0.15) is 6.07 Å². The first-order valence-corrected chi connectivity index (χ1v) is 4.56. The molecular formula is C9H10BrN3. The van der Waals surface area contributed by atoms with Gasteiger partial charge in [-0.25, -0.2) is 5.01 Å². The Bertz CT molecular complexity index is 341. The highest BCUT2D eigenvalue weighted by Crippen LogP contribution is 2.20. The second-order valence-corrected chi connectivity index (χ2v) is 3.67. The van der Waals surface area contributed by atoms with Gasteiger partial charge in [0.05, 0.1) is 11.3 Å². The molecule has 1 rings (SSSR count). The van der Waals surface area contributed by atoms with Gasteiger partial charge in [-0.1, -0.05) is 0 Å². The van der Waals surface area contributed by atoms with Crippen molar-refractivity contribution in [3.8, 4) is 6.07 Å². The minimum absolute atomic E-state index is 0.643. The van der Waals surface area contributed by atoms with E-state index in [0.29, 0.717) is 5.56 Å². The highest BCUT2D eigenvalue weighted by atomic mass is 79.9. The van der Waals surface area contributed by atoms with Crippen LogP contribution in [0.4, 0.5) is 5.69 Å². The average Bonchev–Trinajstić information content (AvgIpc) is 2.03. The van der Waals surface area contributed by atoms with Crippen LogP contribution < -0.4 is 5.43 Å². The van der Waals surface area contributed by atoms with Gasteiger partial charge in [-0.2, -0.15) is 5.26 Å². The lowest BCUT2D eigenvalue weighted by atomic mass is 10.2. The average molecular weight is 240 g/mol. The van der Waals surface area contributed by atoms with Crippen molar-refractivity contribution in [3.05, 3.63) is 28.2 Å². The van der Waals surface area contributed by atoms with E-state index in [9.17, 15) is 0 Å². The molecular weight excluding hydrogens is 230 g/mol. The molecule has 0 aromatic heterocycles. The number of benzene rings is 1. The fourth-order valence-electron chi connectivity index (χ4n) is 0.934. The summed E-state index contributed by atoms with van der Waals surface area (Å²) >= 11 is 3.32. The SMILES string of the molecule is CN(C)Nc1ccc(C#N)c(Br)c1. The summed E-state index contributed by atoms with van der Waals surface area (Å²) in [5.41, 5.74) is 4.69. The van der Waals surface area contributed by atoms with E-state index in [1.165, 1.54) is 0 Å². The summed E-state index contributed by atoms with van der Waals surface area (Å²) in [5.74, 6) is 0. The third-order valence-corrected chi connectivity index (χ3v) is 2.10. The van der Waals surface area contributed by atoms with Gasteiger partial charge in [0, 0.05) is 18.6 Å². The number of anilines is 1. The summed E-state index contributed by atoms with van der Waals surface area (Å²) in [6.07, 6.45) is 0. The Kier molecular flexibility index (Phi) is 3.29. The topological polar surface area (TPSA) is 39.1 Å². The van der Waals surface area contributed by atoms with Gasteiger partial charge >= 0.3 is 0 Å². The molecule has 0 bridgehead atoms. The molecule has 0 spiro atoms. The van der Waals surface area contributed by atoms with Crippen LogP contribution in [0.25, 0.3) is 0 Å². The fraction of sp³-hybridized carbons (Fsp3) is 0.222. The number of nitriles is 1. The van der Waals surface area contributed by atoms with E-state index in [-0.39, 0.29) is 0 Å². The van der Waals surface area contributed by atoms with Crippen LogP contribution in [0.2, 0.25) is 0 Å². The molecule has 1 aromatic carbocycles. The molecule has 3 nitrogen and oxygen atoms in total. The van der Waals surface area contributed by atoms with Gasteiger partial charge < -0.3 is 5.43 Å². The molecule has 0 aliphatic rings. The molecule has 0 fully saturated rings. The Labute approximate surface area is 86.1 Å². The molecule has 4 heteroatoms. The van der Waals surface area contributed by atoms with Gasteiger partial charge in [-0.3, -0.25) is 0 Å². The van der Waals surface area contributed by atoms with E-state index in [0.717, 1.165) is 10.2 Å². The third-order valence-electron chi connectivity index (χ3n) is 1.44. The van der Waals surface area contributed by atoms with Gasteiger partial charge in [0.25, 0.3) is 0 Å². The van der Waals surface area contributed by atoms with Crippen molar-refractivity contribution in [2.24, 2.45) is 0 Å². The van der Waals surface area contributed by atoms with E-state index in [1.807, 2.05) is 31.2 Å². The quantitative estimate of drug-likeness (QED) is 0.805. The summed E-state index contributed by atoms with van der Waals surface area (Å²) in [5, 5.41) is 10.5. The molecule has 1 aromatic rings. The molecule has 13 heavy (non-hydrogen) atoms. The summed E-state index contributed by atoms with van der Waals surface area (Å²) < 4.78 is 0.807. The Morgan fingerprint density at radius 3 is 2.62 bits per heavy atom. The Balaban J connectivity index is 2.91. The number of nitrogens with zero attached hydrogens (tertiary/aromatic N) is 2. The fourth-order valence-corrected chi connectivity index (χ4v) is 1.40. The predicted molar refractivity (Wildman–Crippen MR) is 56.2 cm³/mol. The van der Waals surface area contributed by atoms with E-state index >= 15 is 0 Å². The van der Waals surface area contributed by atoms with Gasteiger partial charge in [-0.15, -0.1) is 0 Å². The molecule has 1 N–H and O–H groups in total. The van der Waals surface area contributed by atoms with Crippen molar-refractivity contribution in [2.75, 3.05) is 19.5 Å². The molecule has 0 amide bonds. The molecule has 0 atom stereocenters. The maximum atomic E-state index is 8.68. The van der Waals surface area contributed by atoms with Crippen molar-refractivity contribution < 1.29 is 0 Å². The summed E-state index contributed by atoms with van der Waals surface area (Å²) in [4.78, 5) is 0. The van der Waals surface area contributed by atoms with E-state index in [4.69, 9.17) is 5.26 Å². The maximum Gasteiger partial charge on any atom is 0.100 e. The Morgan fingerprint density at radius 2 is 2.15 bits per heavy atom. The summed E-state index contributed by atoms with van der Waals surface area (Å²) in [6.45, 7) is 0. The van der Waals surface area contributed by atoms with Crippen LogP contribution in [0.5, 0.6) is 0 Å². The van der Waals surface area contributed by atoms with Crippen molar-refractivity contribution in [1.29, 1.82) is 5.26 Å². The zero-order valence-corrected chi connectivity index (χ0v) is 9.09. The molecule has 0 saturated carbocycles. The molecule has 0 saturated heterocycles. The van der Waals surface area contributed by atoms with Crippen LogP contribution in [-0.2, 0) is 0 Å². The molecule has 68 valence electrons. The molecule has 0 unspecified atom stereocenters. The predicted octanol–water partition coefficient (Wildman–Crippen LogP) is 2.21. The number of rotatable bonds is 2. The Morgan fingerprint density at radius 1 is 1.46 bits per heavy atom. The minimum atomic E-state index is 0.643. The van der Waals surface area contributed by atoms with Crippen LogP contribution in [0.15, 0.2) is 22.7 Å². The summed E-state index contributed by atoms with van der Waals surface area (Å²) in [6, 6.07) is 7.60. The molecule has 0 aliphatic carbocycles.